The van der Waals surface area contributed by atoms with Crippen molar-refractivity contribution in [2.45, 2.75) is 12.8 Å². The molecule has 5 aromatic rings. The number of halogens is 3. The molecule has 1 N–H and O–H groups in total. The average molecular weight is 523 g/mol. The molecule has 0 spiro atoms. The van der Waals surface area contributed by atoms with Gasteiger partial charge in [0.05, 0.1) is 11.3 Å². The number of carbonyl (C=O) groups excluding carboxylic acids is 1. The summed E-state index contributed by atoms with van der Waals surface area (Å²) in [6, 6.07) is 31.3. The van der Waals surface area contributed by atoms with Crippen LogP contribution in [-0.2, 0) is 17.6 Å². The summed E-state index contributed by atoms with van der Waals surface area (Å²) < 4.78 is 46.5. The van der Waals surface area contributed by atoms with Gasteiger partial charge in [0.25, 0.3) is 5.91 Å². The number of carbonyl (C=O) groups is 1. The summed E-state index contributed by atoms with van der Waals surface area (Å²) in [5.74, 6) is -0.528. The molecule has 4 nitrogen and oxygen atoms in total. The molecule has 0 saturated carbocycles. The molecule has 0 atom stereocenters. The molecule has 0 aliphatic heterocycles. The molecule has 0 saturated heterocycles. The van der Waals surface area contributed by atoms with Crippen molar-refractivity contribution in [3.8, 4) is 11.8 Å². The van der Waals surface area contributed by atoms with Crippen molar-refractivity contribution in [2.24, 2.45) is 0 Å². The van der Waals surface area contributed by atoms with Crippen LogP contribution < -0.4 is 10.1 Å². The Hall–Kier alpha value is -5.09. The predicted octanol–water partition coefficient (Wildman–Crippen LogP) is 8.14. The zero-order valence-corrected chi connectivity index (χ0v) is 20.5. The van der Waals surface area contributed by atoms with Gasteiger partial charge in [0, 0.05) is 5.56 Å². The van der Waals surface area contributed by atoms with Crippen LogP contribution in [0, 0.1) is 11.3 Å². The molecule has 5 rings (SSSR count). The third kappa shape index (κ3) is 5.46. The lowest BCUT2D eigenvalue weighted by Gasteiger charge is -2.15. The third-order valence-corrected chi connectivity index (χ3v) is 6.33. The first-order valence-corrected chi connectivity index (χ1v) is 12.1. The van der Waals surface area contributed by atoms with Gasteiger partial charge in [-0.05, 0) is 51.4 Å². The fraction of sp³-hybridized carbons (Fsp3) is 0.0625. The highest BCUT2D eigenvalue weighted by Gasteiger charge is 2.33. The van der Waals surface area contributed by atoms with E-state index in [1.54, 1.807) is 6.07 Å². The Morgan fingerprint density at radius 2 is 1.46 bits per heavy atom. The smallest absolute Gasteiger partial charge is 0.418 e. The fourth-order valence-corrected chi connectivity index (χ4v) is 4.45. The highest BCUT2D eigenvalue weighted by molar-refractivity contribution is 6.11. The number of benzene rings is 5. The minimum atomic E-state index is -4.67. The Morgan fingerprint density at radius 3 is 2.21 bits per heavy atom. The summed E-state index contributed by atoms with van der Waals surface area (Å²) in [4.78, 5) is 13.0. The third-order valence-electron chi connectivity index (χ3n) is 6.33. The van der Waals surface area contributed by atoms with Crippen molar-refractivity contribution in [3.05, 3.63) is 125 Å². The number of nitrogens with one attached hydrogen (secondary N) is 1. The molecule has 0 aliphatic rings. The van der Waals surface area contributed by atoms with E-state index in [4.69, 9.17) is 4.74 Å². The number of amides is 1. The minimum absolute atomic E-state index is 0.230. The number of nitriles is 1. The highest BCUT2D eigenvalue weighted by Crippen LogP contribution is 2.35. The first-order valence-electron chi connectivity index (χ1n) is 12.1. The van der Waals surface area contributed by atoms with Crippen LogP contribution in [0.3, 0.4) is 0 Å². The number of para-hydroxylation sites is 1. The number of nitrogens with zero attached hydrogens (tertiary/aromatic N) is 1. The topological polar surface area (TPSA) is 62.1 Å². The van der Waals surface area contributed by atoms with E-state index in [0.717, 1.165) is 39.2 Å². The molecule has 39 heavy (non-hydrogen) atoms. The van der Waals surface area contributed by atoms with E-state index in [0.29, 0.717) is 11.3 Å². The van der Waals surface area contributed by atoms with Gasteiger partial charge in [0.1, 0.15) is 24.0 Å². The number of alkyl halides is 3. The van der Waals surface area contributed by atoms with E-state index in [-0.39, 0.29) is 12.2 Å². The Balaban J connectivity index is 1.52. The van der Waals surface area contributed by atoms with Crippen molar-refractivity contribution < 1.29 is 22.7 Å². The second kappa shape index (κ2) is 10.7. The Labute approximate surface area is 222 Å². The second-order valence-corrected chi connectivity index (χ2v) is 8.79. The Bertz CT molecular complexity index is 1760. The number of fused-ring (bicyclic) bond motifs is 2. The molecule has 192 valence electrons. The second-order valence-electron chi connectivity index (χ2n) is 8.79. The van der Waals surface area contributed by atoms with E-state index in [9.17, 15) is 23.2 Å². The Kier molecular flexibility index (Phi) is 7.02. The summed E-state index contributed by atoms with van der Waals surface area (Å²) in [7, 11) is 0. The normalized spacial score (nSPS) is 11.8. The molecular weight excluding hydrogens is 501 g/mol. The molecule has 1 amide bonds. The number of rotatable bonds is 6. The van der Waals surface area contributed by atoms with Crippen LogP contribution in [0.5, 0.6) is 5.75 Å². The number of hydrogen-bond donors (Lipinski definition) is 1. The SMILES string of the molecule is N#C/C(=C\c1c(OCc2cccc3ccccc23)ccc2ccccc12)C(=O)Nc1ccccc1C(F)(F)F. The molecule has 5 aromatic carbocycles. The van der Waals surface area contributed by atoms with Crippen LogP contribution >= 0.6 is 0 Å². The quantitative estimate of drug-likeness (QED) is 0.181. The maximum Gasteiger partial charge on any atom is 0.418 e. The summed E-state index contributed by atoms with van der Waals surface area (Å²) in [5.41, 5.74) is -0.359. The first-order chi connectivity index (χ1) is 18.8. The lowest BCUT2D eigenvalue weighted by Crippen LogP contribution is -2.17. The largest absolute Gasteiger partial charge is 0.488 e. The van der Waals surface area contributed by atoms with Gasteiger partial charge < -0.3 is 10.1 Å². The van der Waals surface area contributed by atoms with E-state index >= 15 is 0 Å². The summed E-state index contributed by atoms with van der Waals surface area (Å²) in [5, 5.41) is 15.7. The highest BCUT2D eigenvalue weighted by atomic mass is 19.4. The van der Waals surface area contributed by atoms with E-state index in [2.05, 4.69) is 5.32 Å². The molecule has 0 aliphatic carbocycles. The molecular formula is C32H21F3N2O2. The van der Waals surface area contributed by atoms with Crippen LogP contribution in [0.2, 0.25) is 0 Å². The standard InChI is InChI=1S/C32H21F3N2O2/c33-32(34,35)28-14-5-6-15-29(28)37-31(38)24(19-36)18-27-26-13-4-2-9-22(26)16-17-30(27)39-20-23-11-7-10-21-8-1-3-12-25(21)23/h1-18H,20H2,(H,37,38)/b24-18+. The van der Waals surface area contributed by atoms with Gasteiger partial charge >= 0.3 is 6.18 Å². The summed E-state index contributed by atoms with van der Waals surface area (Å²) >= 11 is 0. The van der Waals surface area contributed by atoms with Gasteiger partial charge in [-0.3, -0.25) is 4.79 Å². The van der Waals surface area contributed by atoms with Crippen LogP contribution in [0.1, 0.15) is 16.7 Å². The fourth-order valence-electron chi connectivity index (χ4n) is 4.45. The van der Waals surface area contributed by atoms with E-state index in [1.807, 2.05) is 78.9 Å². The van der Waals surface area contributed by atoms with Crippen molar-refractivity contribution in [2.75, 3.05) is 5.32 Å². The van der Waals surface area contributed by atoms with Gasteiger partial charge in [0.2, 0.25) is 0 Å². The predicted molar refractivity (Wildman–Crippen MR) is 146 cm³/mol. The van der Waals surface area contributed by atoms with Crippen LogP contribution in [-0.4, -0.2) is 5.91 Å². The monoisotopic (exact) mass is 522 g/mol. The summed E-state index contributed by atoms with van der Waals surface area (Å²) in [6.45, 7) is 0.230. The van der Waals surface area contributed by atoms with E-state index in [1.165, 1.54) is 18.2 Å². The van der Waals surface area contributed by atoms with Crippen molar-refractivity contribution in [3.63, 3.8) is 0 Å². The molecule has 0 aromatic heterocycles. The van der Waals surface area contributed by atoms with Crippen LogP contribution in [0.4, 0.5) is 18.9 Å². The maximum absolute atomic E-state index is 13.4. The van der Waals surface area contributed by atoms with Crippen LogP contribution in [0.25, 0.3) is 27.6 Å². The number of anilines is 1. The lowest BCUT2D eigenvalue weighted by atomic mass is 10.0. The first kappa shape index (κ1) is 25.6. The maximum atomic E-state index is 13.4. The average Bonchev–Trinajstić information content (AvgIpc) is 2.94. The van der Waals surface area contributed by atoms with Gasteiger partial charge in [-0.1, -0.05) is 84.9 Å². The molecule has 0 radical (unpaired) electrons. The van der Waals surface area contributed by atoms with Gasteiger partial charge in [-0.25, -0.2) is 0 Å². The van der Waals surface area contributed by atoms with Crippen molar-refractivity contribution in [1.29, 1.82) is 5.26 Å². The van der Waals surface area contributed by atoms with Crippen molar-refractivity contribution in [1.82, 2.24) is 0 Å². The summed E-state index contributed by atoms with van der Waals surface area (Å²) in [6.07, 6.45) is -3.31. The van der Waals surface area contributed by atoms with Crippen LogP contribution in [0.15, 0.2) is 109 Å². The Morgan fingerprint density at radius 1 is 0.821 bits per heavy atom. The number of ether oxygens (including phenoxy) is 1. The van der Waals surface area contributed by atoms with Gasteiger partial charge in [-0.2, -0.15) is 18.4 Å². The lowest BCUT2D eigenvalue weighted by molar-refractivity contribution is -0.137. The number of hydrogen-bond acceptors (Lipinski definition) is 3. The molecule has 0 heterocycles. The molecule has 0 fully saturated rings. The van der Waals surface area contributed by atoms with Crippen molar-refractivity contribution >= 4 is 39.2 Å². The zero-order valence-electron chi connectivity index (χ0n) is 20.5. The minimum Gasteiger partial charge on any atom is -0.488 e. The van der Waals surface area contributed by atoms with Gasteiger partial charge in [0.15, 0.2) is 0 Å². The zero-order chi connectivity index (χ0) is 27.4. The van der Waals surface area contributed by atoms with E-state index < -0.39 is 23.3 Å². The van der Waals surface area contributed by atoms with Gasteiger partial charge in [-0.15, -0.1) is 0 Å². The molecule has 0 unspecified atom stereocenters. The molecule has 7 heteroatoms. The molecule has 0 bridgehead atoms.